The van der Waals surface area contributed by atoms with Crippen LogP contribution >= 0.6 is 15.9 Å². The van der Waals surface area contributed by atoms with E-state index in [9.17, 15) is 14.7 Å². The van der Waals surface area contributed by atoms with E-state index in [-0.39, 0.29) is 12.3 Å². The van der Waals surface area contributed by atoms with Crippen LogP contribution in [0.3, 0.4) is 0 Å². The van der Waals surface area contributed by atoms with Crippen LogP contribution in [0.15, 0.2) is 28.7 Å². The molecule has 1 atom stereocenters. The summed E-state index contributed by atoms with van der Waals surface area (Å²) in [5.41, 5.74) is -0.165. The highest BCUT2D eigenvalue weighted by Crippen LogP contribution is 2.30. The minimum Gasteiger partial charge on any atom is -0.480 e. The lowest BCUT2D eigenvalue weighted by Crippen LogP contribution is -2.51. The molecule has 19 heavy (non-hydrogen) atoms. The van der Waals surface area contributed by atoms with E-state index >= 15 is 0 Å². The third-order valence-corrected chi connectivity index (χ3v) is 4.14. The van der Waals surface area contributed by atoms with Crippen LogP contribution in [0.4, 0.5) is 0 Å². The molecule has 1 aromatic carbocycles. The minimum absolute atomic E-state index is 0.125. The van der Waals surface area contributed by atoms with Gasteiger partial charge in [-0.15, -0.1) is 0 Å². The van der Waals surface area contributed by atoms with E-state index < -0.39 is 11.5 Å². The Hall–Kier alpha value is -1.36. The molecule has 1 amide bonds. The molecule has 2 rings (SSSR count). The summed E-state index contributed by atoms with van der Waals surface area (Å²) in [4.78, 5) is 25.1. The second-order valence-electron chi connectivity index (χ2n) is 5.03. The summed E-state index contributed by atoms with van der Waals surface area (Å²) < 4.78 is 0.917. The van der Waals surface area contributed by atoms with Crippen LogP contribution in [-0.4, -0.2) is 34.0 Å². The topological polar surface area (TPSA) is 57.6 Å². The maximum atomic E-state index is 12.3. The van der Waals surface area contributed by atoms with E-state index in [1.54, 1.807) is 6.92 Å². The first-order chi connectivity index (χ1) is 8.93. The number of carbonyl (C=O) groups is 2. The van der Waals surface area contributed by atoms with Crippen molar-refractivity contribution in [1.82, 2.24) is 4.90 Å². The first-order valence-electron chi connectivity index (χ1n) is 6.22. The van der Waals surface area contributed by atoms with Gasteiger partial charge in [0.1, 0.15) is 5.54 Å². The average molecular weight is 326 g/mol. The number of hydrogen-bond acceptors (Lipinski definition) is 2. The summed E-state index contributed by atoms with van der Waals surface area (Å²) in [5.74, 6) is -1.05. The summed E-state index contributed by atoms with van der Waals surface area (Å²) >= 11 is 3.36. The van der Waals surface area contributed by atoms with Crippen LogP contribution in [-0.2, 0) is 16.0 Å². The Kier molecular flexibility index (Phi) is 3.94. The van der Waals surface area contributed by atoms with Gasteiger partial charge in [-0.05, 0) is 37.5 Å². The first-order valence-corrected chi connectivity index (χ1v) is 7.01. The molecule has 4 nitrogen and oxygen atoms in total. The van der Waals surface area contributed by atoms with Crippen molar-refractivity contribution in [2.45, 2.75) is 31.7 Å². The van der Waals surface area contributed by atoms with E-state index in [0.717, 1.165) is 16.5 Å². The standard InChI is InChI=1S/C14H16BrNO3/c1-14(13(18)19)6-3-7-16(14)12(17)9-10-4-2-5-11(15)8-10/h2,4-5,8H,3,6-7,9H2,1H3,(H,18,19). The van der Waals surface area contributed by atoms with Gasteiger partial charge in [0.05, 0.1) is 6.42 Å². The highest BCUT2D eigenvalue weighted by atomic mass is 79.9. The van der Waals surface area contributed by atoms with Crippen LogP contribution in [0, 0.1) is 0 Å². The smallest absolute Gasteiger partial charge is 0.329 e. The molecule has 0 aromatic heterocycles. The monoisotopic (exact) mass is 325 g/mol. The van der Waals surface area contributed by atoms with Gasteiger partial charge in [-0.2, -0.15) is 0 Å². The lowest BCUT2D eigenvalue weighted by Gasteiger charge is -2.31. The second-order valence-corrected chi connectivity index (χ2v) is 5.95. The fourth-order valence-electron chi connectivity index (χ4n) is 2.50. The number of carboxylic acids is 1. The molecule has 1 aliphatic heterocycles. The minimum atomic E-state index is -1.05. The van der Waals surface area contributed by atoms with E-state index in [4.69, 9.17) is 0 Å². The SMILES string of the molecule is CC1(C(=O)O)CCCN1C(=O)Cc1cccc(Br)c1. The zero-order valence-corrected chi connectivity index (χ0v) is 12.3. The van der Waals surface area contributed by atoms with Gasteiger partial charge in [-0.25, -0.2) is 4.79 Å². The fraction of sp³-hybridized carbons (Fsp3) is 0.429. The number of hydrogen-bond donors (Lipinski definition) is 1. The van der Waals surface area contributed by atoms with E-state index in [0.29, 0.717) is 13.0 Å². The molecule has 0 saturated carbocycles. The number of carboxylic acid groups (broad SMARTS) is 1. The Labute approximate surface area is 120 Å². The van der Waals surface area contributed by atoms with Crippen LogP contribution < -0.4 is 0 Å². The highest BCUT2D eigenvalue weighted by molar-refractivity contribution is 9.10. The molecule has 1 fully saturated rings. The number of rotatable bonds is 3. The van der Waals surface area contributed by atoms with Crippen molar-refractivity contribution in [2.24, 2.45) is 0 Å². The Morgan fingerprint density at radius 3 is 2.84 bits per heavy atom. The maximum absolute atomic E-state index is 12.3. The fourth-order valence-corrected chi connectivity index (χ4v) is 2.95. The molecular weight excluding hydrogens is 310 g/mol. The predicted molar refractivity (Wildman–Crippen MR) is 74.8 cm³/mol. The van der Waals surface area contributed by atoms with Gasteiger partial charge in [0.25, 0.3) is 0 Å². The number of benzene rings is 1. The third kappa shape index (κ3) is 2.81. The van der Waals surface area contributed by atoms with Crippen molar-refractivity contribution >= 4 is 27.8 Å². The first kappa shape index (κ1) is 14.1. The number of likely N-dealkylation sites (tertiary alicyclic amines) is 1. The van der Waals surface area contributed by atoms with Gasteiger partial charge in [-0.1, -0.05) is 28.1 Å². The number of halogens is 1. The molecule has 102 valence electrons. The Morgan fingerprint density at radius 2 is 2.21 bits per heavy atom. The Morgan fingerprint density at radius 1 is 1.47 bits per heavy atom. The van der Waals surface area contributed by atoms with Crippen LogP contribution in [0.1, 0.15) is 25.3 Å². The van der Waals surface area contributed by atoms with Gasteiger partial charge >= 0.3 is 5.97 Å². The molecule has 1 N–H and O–H groups in total. The van der Waals surface area contributed by atoms with E-state index in [2.05, 4.69) is 15.9 Å². The summed E-state index contributed by atoms with van der Waals surface area (Å²) in [6.45, 7) is 2.15. The molecule has 0 radical (unpaired) electrons. The zero-order chi connectivity index (χ0) is 14.0. The lowest BCUT2D eigenvalue weighted by molar-refractivity contribution is -0.155. The van der Waals surface area contributed by atoms with Gasteiger partial charge in [0, 0.05) is 11.0 Å². The van der Waals surface area contributed by atoms with Crippen molar-refractivity contribution in [3.63, 3.8) is 0 Å². The summed E-state index contributed by atoms with van der Waals surface area (Å²) in [7, 11) is 0. The molecule has 5 heteroatoms. The second kappa shape index (κ2) is 5.33. The van der Waals surface area contributed by atoms with Crippen molar-refractivity contribution in [1.29, 1.82) is 0 Å². The summed E-state index contributed by atoms with van der Waals surface area (Å²) in [6.07, 6.45) is 1.50. The average Bonchev–Trinajstić information content (AvgIpc) is 2.73. The molecule has 1 heterocycles. The molecular formula is C14H16BrNO3. The third-order valence-electron chi connectivity index (χ3n) is 3.65. The molecule has 1 aromatic rings. The van der Waals surface area contributed by atoms with Gasteiger partial charge < -0.3 is 10.0 Å². The predicted octanol–water partition coefficient (Wildman–Crippen LogP) is 2.46. The van der Waals surface area contributed by atoms with Gasteiger partial charge in [0.15, 0.2) is 0 Å². The number of aliphatic carboxylic acids is 1. The van der Waals surface area contributed by atoms with Crippen molar-refractivity contribution in [3.8, 4) is 0 Å². The molecule has 0 spiro atoms. The van der Waals surface area contributed by atoms with Gasteiger partial charge in [-0.3, -0.25) is 4.79 Å². The maximum Gasteiger partial charge on any atom is 0.329 e. The normalized spacial score (nSPS) is 22.5. The van der Waals surface area contributed by atoms with Crippen LogP contribution in [0.5, 0.6) is 0 Å². The van der Waals surface area contributed by atoms with Crippen LogP contribution in [0.25, 0.3) is 0 Å². The molecule has 1 unspecified atom stereocenters. The quantitative estimate of drug-likeness (QED) is 0.928. The Bertz CT molecular complexity index is 517. The number of carbonyl (C=O) groups excluding carboxylic acids is 1. The van der Waals surface area contributed by atoms with Crippen LogP contribution in [0.2, 0.25) is 0 Å². The zero-order valence-electron chi connectivity index (χ0n) is 10.7. The van der Waals surface area contributed by atoms with E-state index in [1.165, 1.54) is 4.90 Å². The number of amides is 1. The molecule has 1 aliphatic rings. The van der Waals surface area contributed by atoms with Crippen molar-refractivity contribution in [3.05, 3.63) is 34.3 Å². The lowest BCUT2D eigenvalue weighted by atomic mass is 9.98. The van der Waals surface area contributed by atoms with Crippen molar-refractivity contribution < 1.29 is 14.7 Å². The largest absolute Gasteiger partial charge is 0.480 e. The Balaban J connectivity index is 2.14. The molecule has 0 bridgehead atoms. The highest BCUT2D eigenvalue weighted by Gasteiger charge is 2.45. The summed E-state index contributed by atoms with van der Waals surface area (Å²) in [5, 5.41) is 9.30. The van der Waals surface area contributed by atoms with Gasteiger partial charge in [0.2, 0.25) is 5.91 Å². The summed E-state index contributed by atoms with van der Waals surface area (Å²) in [6, 6.07) is 7.52. The number of nitrogens with zero attached hydrogens (tertiary/aromatic N) is 1. The molecule has 0 aliphatic carbocycles. The van der Waals surface area contributed by atoms with Crippen molar-refractivity contribution in [2.75, 3.05) is 6.54 Å². The van der Waals surface area contributed by atoms with E-state index in [1.807, 2.05) is 24.3 Å². The molecule has 1 saturated heterocycles.